The van der Waals surface area contributed by atoms with Gasteiger partial charge in [-0.25, -0.2) is 0 Å². The van der Waals surface area contributed by atoms with Crippen LogP contribution in [0.2, 0.25) is 5.02 Å². The summed E-state index contributed by atoms with van der Waals surface area (Å²) in [6.07, 6.45) is 1.76. The Morgan fingerprint density at radius 1 is 0.933 bits per heavy atom. The van der Waals surface area contributed by atoms with Crippen LogP contribution in [0.1, 0.15) is 5.56 Å². The fraction of sp³-hybridized carbons (Fsp3) is 0. The molecule has 4 rings (SSSR count). The number of nitrogens with zero attached hydrogens (tertiary/aromatic N) is 1. The molecule has 1 fully saturated rings. The molecule has 1 amide bonds. The third-order valence-corrected chi connectivity index (χ3v) is 5.68. The average Bonchev–Trinajstić information content (AvgIpc) is 2.99. The summed E-state index contributed by atoms with van der Waals surface area (Å²) in [5, 5.41) is 10.0. The van der Waals surface area contributed by atoms with Crippen molar-refractivity contribution in [2.24, 2.45) is 0 Å². The maximum Gasteiger partial charge on any atom is 0.270 e. The number of hydrogen-bond acceptors (Lipinski definition) is 5. The molecule has 0 aliphatic carbocycles. The number of phenolic OH excluding ortho intramolecular Hbond substituents is 1. The van der Waals surface area contributed by atoms with E-state index < -0.39 is 0 Å². The topological polar surface area (TPSA) is 49.8 Å². The molecule has 0 aromatic heterocycles. The van der Waals surface area contributed by atoms with Crippen molar-refractivity contribution in [3.63, 3.8) is 0 Å². The molecule has 4 nitrogen and oxygen atoms in total. The zero-order valence-electron chi connectivity index (χ0n) is 15.3. The Balaban J connectivity index is 0.00000256. The Hall–Kier alpha value is -2.51. The predicted molar refractivity (Wildman–Crippen MR) is 129 cm³/mol. The van der Waals surface area contributed by atoms with E-state index in [2.05, 4.69) is 0 Å². The van der Waals surface area contributed by atoms with Crippen molar-refractivity contribution in [1.29, 1.82) is 0 Å². The highest BCUT2D eigenvalue weighted by molar-refractivity contribution is 8.27. The van der Waals surface area contributed by atoms with Crippen LogP contribution in [-0.2, 0) is 4.79 Å². The highest BCUT2D eigenvalue weighted by Crippen LogP contribution is 2.37. The fourth-order valence-electron chi connectivity index (χ4n) is 2.71. The SMILES string of the molecule is Cl.O=C1C(=Cc2ccc(O)cc2)SC(=S)N1c1ccc(Oc2ccc(Cl)cc2)cc1. The second kappa shape index (κ2) is 9.53. The second-order valence-corrected chi connectivity index (χ2v) is 8.27. The van der Waals surface area contributed by atoms with Gasteiger partial charge >= 0.3 is 0 Å². The molecular formula is C22H15Cl2NO3S2. The van der Waals surface area contributed by atoms with Gasteiger partial charge in [0.1, 0.15) is 17.2 Å². The summed E-state index contributed by atoms with van der Waals surface area (Å²) < 4.78 is 6.25. The maximum absolute atomic E-state index is 12.9. The Morgan fingerprint density at radius 3 is 2.10 bits per heavy atom. The molecule has 1 heterocycles. The van der Waals surface area contributed by atoms with Crippen LogP contribution in [0.15, 0.2) is 77.7 Å². The number of benzene rings is 3. The van der Waals surface area contributed by atoms with E-state index in [9.17, 15) is 9.90 Å². The first-order valence-corrected chi connectivity index (χ1v) is 10.2. The Kier molecular flexibility index (Phi) is 7.05. The fourth-order valence-corrected chi connectivity index (χ4v) is 4.14. The summed E-state index contributed by atoms with van der Waals surface area (Å²) in [7, 11) is 0. The number of thiocarbonyl (C=S) groups is 1. The molecule has 0 saturated carbocycles. The second-order valence-electron chi connectivity index (χ2n) is 6.16. The Labute approximate surface area is 194 Å². The Morgan fingerprint density at radius 2 is 1.50 bits per heavy atom. The number of hydrogen-bond donors (Lipinski definition) is 1. The molecule has 30 heavy (non-hydrogen) atoms. The van der Waals surface area contributed by atoms with Gasteiger partial charge in [0.15, 0.2) is 4.32 Å². The highest BCUT2D eigenvalue weighted by Gasteiger charge is 2.33. The van der Waals surface area contributed by atoms with Crippen molar-refractivity contribution in [3.8, 4) is 17.2 Å². The molecule has 0 spiro atoms. The third-order valence-electron chi connectivity index (χ3n) is 4.13. The molecule has 0 unspecified atom stereocenters. The number of halogens is 2. The number of amides is 1. The zero-order chi connectivity index (χ0) is 20.4. The van der Waals surface area contributed by atoms with Crippen LogP contribution in [0, 0.1) is 0 Å². The van der Waals surface area contributed by atoms with E-state index in [4.69, 9.17) is 28.6 Å². The van der Waals surface area contributed by atoms with E-state index in [1.807, 2.05) is 0 Å². The number of anilines is 1. The third kappa shape index (κ3) is 4.96. The Bertz CT molecular complexity index is 1100. The number of carbonyl (C=O) groups is 1. The summed E-state index contributed by atoms with van der Waals surface area (Å²) in [6.45, 7) is 0. The van der Waals surface area contributed by atoms with Crippen LogP contribution in [0.4, 0.5) is 5.69 Å². The number of carbonyl (C=O) groups excluding carboxylic acids is 1. The van der Waals surface area contributed by atoms with Gasteiger partial charge in [0, 0.05) is 5.02 Å². The lowest BCUT2D eigenvalue weighted by Gasteiger charge is -2.15. The van der Waals surface area contributed by atoms with Crippen LogP contribution in [0.25, 0.3) is 6.08 Å². The van der Waals surface area contributed by atoms with Crippen LogP contribution in [-0.4, -0.2) is 15.3 Å². The van der Waals surface area contributed by atoms with Crippen molar-refractivity contribution in [2.75, 3.05) is 4.90 Å². The minimum atomic E-state index is -0.181. The molecule has 3 aromatic rings. The molecule has 1 N–H and O–H groups in total. The standard InChI is InChI=1S/C22H14ClNO3S2.ClH/c23-15-3-9-18(10-4-15)27-19-11-5-16(6-12-19)24-21(26)20(29-22(24)28)13-14-1-7-17(25)8-2-14;/h1-13,25H;1H. The lowest BCUT2D eigenvalue weighted by molar-refractivity contribution is -0.113. The highest BCUT2D eigenvalue weighted by atomic mass is 35.5. The number of thioether (sulfide) groups is 1. The van der Waals surface area contributed by atoms with Crippen molar-refractivity contribution < 1.29 is 14.6 Å². The van der Waals surface area contributed by atoms with E-state index in [0.29, 0.717) is 31.4 Å². The first-order valence-electron chi connectivity index (χ1n) is 8.60. The molecule has 0 bridgehead atoms. The number of aromatic hydroxyl groups is 1. The van der Waals surface area contributed by atoms with Crippen LogP contribution in [0.5, 0.6) is 17.2 Å². The van der Waals surface area contributed by atoms with Crippen LogP contribution in [0.3, 0.4) is 0 Å². The number of phenols is 1. The molecule has 1 aliphatic heterocycles. The van der Waals surface area contributed by atoms with E-state index in [-0.39, 0.29) is 24.1 Å². The number of ether oxygens (including phenoxy) is 1. The first-order chi connectivity index (χ1) is 14.0. The predicted octanol–water partition coefficient (Wildman–Crippen LogP) is 6.67. The van der Waals surface area contributed by atoms with Gasteiger partial charge in [-0.3, -0.25) is 9.69 Å². The van der Waals surface area contributed by atoms with Gasteiger partial charge in [0.2, 0.25) is 0 Å². The molecular weight excluding hydrogens is 461 g/mol. The monoisotopic (exact) mass is 475 g/mol. The lowest BCUT2D eigenvalue weighted by Crippen LogP contribution is -2.27. The van der Waals surface area contributed by atoms with E-state index >= 15 is 0 Å². The summed E-state index contributed by atoms with van der Waals surface area (Å²) in [6, 6.07) is 20.9. The molecule has 0 atom stereocenters. The minimum Gasteiger partial charge on any atom is -0.508 e. The van der Waals surface area contributed by atoms with Crippen LogP contribution >= 0.6 is 48.0 Å². The zero-order valence-corrected chi connectivity index (χ0v) is 18.5. The molecule has 152 valence electrons. The van der Waals surface area contributed by atoms with Gasteiger partial charge in [-0.1, -0.05) is 47.7 Å². The largest absolute Gasteiger partial charge is 0.508 e. The average molecular weight is 476 g/mol. The summed E-state index contributed by atoms with van der Waals surface area (Å²) >= 11 is 12.5. The van der Waals surface area contributed by atoms with Gasteiger partial charge in [-0.05, 0) is 72.3 Å². The van der Waals surface area contributed by atoms with E-state index in [1.54, 1.807) is 78.9 Å². The van der Waals surface area contributed by atoms with Gasteiger partial charge < -0.3 is 9.84 Å². The van der Waals surface area contributed by atoms with Gasteiger partial charge in [-0.2, -0.15) is 0 Å². The summed E-state index contributed by atoms with van der Waals surface area (Å²) in [4.78, 5) is 14.9. The normalized spacial score (nSPS) is 14.7. The summed E-state index contributed by atoms with van der Waals surface area (Å²) in [5.74, 6) is 1.31. The molecule has 8 heteroatoms. The summed E-state index contributed by atoms with van der Waals surface area (Å²) in [5.41, 5.74) is 1.49. The van der Waals surface area contributed by atoms with Gasteiger partial charge in [-0.15, -0.1) is 12.4 Å². The first kappa shape index (κ1) is 22.2. The van der Waals surface area contributed by atoms with Crippen molar-refractivity contribution in [3.05, 3.63) is 88.3 Å². The quantitative estimate of drug-likeness (QED) is 0.337. The molecule has 0 radical (unpaired) electrons. The van der Waals surface area contributed by atoms with Crippen molar-refractivity contribution >= 4 is 70.0 Å². The molecule has 3 aromatic carbocycles. The smallest absolute Gasteiger partial charge is 0.270 e. The van der Waals surface area contributed by atoms with E-state index in [0.717, 1.165) is 5.56 Å². The number of rotatable bonds is 4. The van der Waals surface area contributed by atoms with Gasteiger partial charge in [0.05, 0.1) is 10.6 Å². The lowest BCUT2D eigenvalue weighted by atomic mass is 10.2. The molecule has 1 aliphatic rings. The molecule has 1 saturated heterocycles. The van der Waals surface area contributed by atoms with E-state index in [1.165, 1.54) is 16.7 Å². The maximum atomic E-state index is 12.9. The van der Waals surface area contributed by atoms with Crippen molar-refractivity contribution in [2.45, 2.75) is 0 Å². The minimum absolute atomic E-state index is 0. The van der Waals surface area contributed by atoms with Crippen LogP contribution < -0.4 is 9.64 Å². The van der Waals surface area contributed by atoms with Gasteiger partial charge in [0.25, 0.3) is 5.91 Å². The van der Waals surface area contributed by atoms with Crippen molar-refractivity contribution in [1.82, 2.24) is 0 Å².